The third-order valence-corrected chi connectivity index (χ3v) is 6.13. The Hall–Kier alpha value is -3.15. The maximum absolute atomic E-state index is 12.8. The van der Waals surface area contributed by atoms with Crippen LogP contribution in [0.5, 0.6) is 0 Å². The van der Waals surface area contributed by atoms with Gasteiger partial charge in [0.1, 0.15) is 4.88 Å². The molecule has 1 aromatic heterocycles. The Balaban J connectivity index is 1.54. The molecule has 4 aromatic rings. The number of benzene rings is 3. The van der Waals surface area contributed by atoms with Gasteiger partial charge in [-0.15, -0.1) is 11.3 Å². The molecule has 0 aliphatic carbocycles. The molecule has 0 bridgehead atoms. The van der Waals surface area contributed by atoms with E-state index in [2.05, 4.69) is 10.6 Å². The Labute approximate surface area is 177 Å². The lowest BCUT2D eigenvalue weighted by molar-refractivity contribution is 0.0952. The van der Waals surface area contributed by atoms with Gasteiger partial charge in [-0.05, 0) is 23.8 Å². The summed E-state index contributed by atoms with van der Waals surface area (Å²) in [6.07, 6.45) is 0. The molecule has 4 rings (SSSR count). The van der Waals surface area contributed by atoms with Gasteiger partial charge in [0, 0.05) is 16.6 Å². The number of amides is 2. The monoisotopic (exact) mass is 420 g/mol. The van der Waals surface area contributed by atoms with Crippen molar-refractivity contribution >= 4 is 50.5 Å². The molecule has 1 heterocycles. The molecule has 0 radical (unpaired) electrons. The first-order valence-corrected chi connectivity index (χ1v) is 10.2. The Bertz CT molecular complexity index is 1190. The molecule has 2 N–H and O–H groups in total. The second kappa shape index (κ2) is 8.47. The Morgan fingerprint density at radius 1 is 0.828 bits per heavy atom. The highest BCUT2D eigenvalue weighted by Crippen LogP contribution is 2.35. The van der Waals surface area contributed by atoms with Crippen LogP contribution in [0, 0.1) is 0 Å². The summed E-state index contributed by atoms with van der Waals surface area (Å²) in [5, 5.41) is 6.99. The van der Waals surface area contributed by atoms with Crippen molar-refractivity contribution in [1.29, 1.82) is 0 Å². The van der Waals surface area contributed by atoms with Crippen LogP contribution in [0.4, 0.5) is 5.69 Å². The molecule has 0 saturated carbocycles. The summed E-state index contributed by atoms with van der Waals surface area (Å²) in [6, 6.07) is 24.2. The molecule has 0 atom stereocenters. The van der Waals surface area contributed by atoms with Crippen LogP contribution in [0.2, 0.25) is 5.02 Å². The lowest BCUT2D eigenvalue weighted by Crippen LogP contribution is -2.24. The number of rotatable bonds is 5. The first-order valence-electron chi connectivity index (χ1n) is 9.03. The minimum absolute atomic E-state index is 0.257. The van der Waals surface area contributed by atoms with E-state index < -0.39 is 0 Å². The van der Waals surface area contributed by atoms with Crippen LogP contribution < -0.4 is 10.6 Å². The van der Waals surface area contributed by atoms with Crippen molar-refractivity contribution < 1.29 is 9.59 Å². The molecule has 0 spiro atoms. The van der Waals surface area contributed by atoms with Gasteiger partial charge in [0.05, 0.1) is 16.3 Å². The van der Waals surface area contributed by atoms with Gasteiger partial charge < -0.3 is 10.6 Å². The first kappa shape index (κ1) is 19.2. The minimum atomic E-state index is -0.334. The van der Waals surface area contributed by atoms with Crippen LogP contribution in [-0.2, 0) is 6.54 Å². The predicted molar refractivity (Wildman–Crippen MR) is 119 cm³/mol. The standard InChI is InChI=1S/C23H17ClN2O2S/c24-20-17-11-5-7-13-19(17)29-21(20)23(28)26-18-12-6-4-10-16(18)22(27)25-14-15-8-2-1-3-9-15/h1-13H,14H2,(H,25,27)(H,26,28). The van der Waals surface area contributed by atoms with E-state index in [1.807, 2.05) is 54.6 Å². The van der Waals surface area contributed by atoms with Gasteiger partial charge in [0.15, 0.2) is 0 Å². The maximum atomic E-state index is 12.8. The quantitative estimate of drug-likeness (QED) is 0.432. The van der Waals surface area contributed by atoms with E-state index in [1.165, 1.54) is 11.3 Å². The van der Waals surface area contributed by atoms with Gasteiger partial charge in [-0.1, -0.05) is 72.3 Å². The van der Waals surface area contributed by atoms with Crippen LogP contribution >= 0.6 is 22.9 Å². The van der Waals surface area contributed by atoms with Gasteiger partial charge in [0.25, 0.3) is 11.8 Å². The number of anilines is 1. The number of hydrogen-bond donors (Lipinski definition) is 2. The Kier molecular flexibility index (Phi) is 5.60. The zero-order valence-electron chi connectivity index (χ0n) is 15.3. The van der Waals surface area contributed by atoms with Crippen LogP contribution in [0.1, 0.15) is 25.6 Å². The van der Waals surface area contributed by atoms with Crippen LogP contribution in [0.3, 0.4) is 0 Å². The van der Waals surface area contributed by atoms with Crippen molar-refractivity contribution in [2.75, 3.05) is 5.32 Å². The number of carbonyl (C=O) groups is 2. The summed E-state index contributed by atoms with van der Waals surface area (Å²) in [7, 11) is 0. The summed E-state index contributed by atoms with van der Waals surface area (Å²) in [6.45, 7) is 0.407. The van der Waals surface area contributed by atoms with Crippen LogP contribution in [-0.4, -0.2) is 11.8 Å². The zero-order chi connectivity index (χ0) is 20.2. The zero-order valence-corrected chi connectivity index (χ0v) is 16.9. The van der Waals surface area contributed by atoms with E-state index in [1.54, 1.807) is 24.3 Å². The molecule has 2 amide bonds. The highest BCUT2D eigenvalue weighted by molar-refractivity contribution is 7.21. The highest BCUT2D eigenvalue weighted by atomic mass is 35.5. The molecule has 4 nitrogen and oxygen atoms in total. The van der Waals surface area contributed by atoms with Gasteiger partial charge in [-0.3, -0.25) is 9.59 Å². The van der Waals surface area contributed by atoms with Crippen LogP contribution in [0.15, 0.2) is 78.9 Å². The number of para-hydroxylation sites is 1. The lowest BCUT2D eigenvalue weighted by Gasteiger charge is -2.11. The van der Waals surface area contributed by atoms with Crippen molar-refractivity contribution in [3.05, 3.63) is 99.9 Å². The number of halogens is 1. The Morgan fingerprint density at radius 3 is 2.31 bits per heavy atom. The van der Waals surface area contributed by atoms with Gasteiger partial charge in [-0.25, -0.2) is 0 Å². The number of fused-ring (bicyclic) bond motifs is 1. The molecular formula is C23H17ClN2O2S. The normalized spacial score (nSPS) is 10.7. The fourth-order valence-electron chi connectivity index (χ4n) is 3.00. The third-order valence-electron chi connectivity index (χ3n) is 4.46. The summed E-state index contributed by atoms with van der Waals surface area (Å²) >= 11 is 7.74. The molecule has 0 unspecified atom stereocenters. The fraction of sp³-hybridized carbons (Fsp3) is 0.0435. The van der Waals surface area contributed by atoms with E-state index in [-0.39, 0.29) is 11.8 Å². The summed E-state index contributed by atoms with van der Waals surface area (Å²) in [4.78, 5) is 25.9. The average Bonchev–Trinajstić information content (AvgIpc) is 3.10. The minimum Gasteiger partial charge on any atom is -0.348 e. The second-order valence-corrected chi connectivity index (χ2v) is 7.84. The van der Waals surface area contributed by atoms with Crippen LogP contribution in [0.25, 0.3) is 10.1 Å². The summed E-state index contributed by atoms with van der Waals surface area (Å²) in [5.74, 6) is -0.591. The van der Waals surface area contributed by atoms with Gasteiger partial charge >= 0.3 is 0 Å². The first-order chi connectivity index (χ1) is 14.1. The third kappa shape index (κ3) is 4.16. The predicted octanol–water partition coefficient (Wildman–Crippen LogP) is 5.74. The molecule has 0 aliphatic heterocycles. The van der Waals surface area contributed by atoms with Crippen molar-refractivity contribution in [3.8, 4) is 0 Å². The molecule has 29 heavy (non-hydrogen) atoms. The van der Waals surface area contributed by atoms with Crippen molar-refractivity contribution in [1.82, 2.24) is 5.32 Å². The topological polar surface area (TPSA) is 58.2 Å². The molecule has 144 valence electrons. The smallest absolute Gasteiger partial charge is 0.267 e. The SMILES string of the molecule is O=C(NCc1ccccc1)c1ccccc1NC(=O)c1sc2ccccc2c1Cl. The average molecular weight is 421 g/mol. The number of thiophene rings is 1. The molecule has 6 heteroatoms. The van der Waals surface area contributed by atoms with Crippen molar-refractivity contribution in [2.24, 2.45) is 0 Å². The summed E-state index contributed by atoms with van der Waals surface area (Å²) < 4.78 is 0.941. The largest absolute Gasteiger partial charge is 0.348 e. The molecular weight excluding hydrogens is 404 g/mol. The molecule has 3 aromatic carbocycles. The molecule has 0 aliphatic rings. The van der Waals surface area contributed by atoms with E-state index >= 15 is 0 Å². The maximum Gasteiger partial charge on any atom is 0.267 e. The van der Waals surface area contributed by atoms with Crippen molar-refractivity contribution in [3.63, 3.8) is 0 Å². The van der Waals surface area contributed by atoms with Crippen molar-refractivity contribution in [2.45, 2.75) is 6.54 Å². The molecule has 0 fully saturated rings. The molecule has 0 saturated heterocycles. The highest BCUT2D eigenvalue weighted by Gasteiger charge is 2.19. The lowest BCUT2D eigenvalue weighted by atomic mass is 10.1. The van der Waals surface area contributed by atoms with E-state index in [4.69, 9.17) is 11.6 Å². The van der Waals surface area contributed by atoms with Gasteiger partial charge in [0.2, 0.25) is 0 Å². The summed E-state index contributed by atoms with van der Waals surface area (Å²) in [5.41, 5.74) is 1.84. The van der Waals surface area contributed by atoms with E-state index in [0.29, 0.717) is 27.7 Å². The van der Waals surface area contributed by atoms with E-state index in [9.17, 15) is 9.59 Å². The Morgan fingerprint density at radius 2 is 1.52 bits per heavy atom. The fourth-order valence-corrected chi connectivity index (χ4v) is 4.41. The van der Waals surface area contributed by atoms with E-state index in [0.717, 1.165) is 15.6 Å². The number of carbonyl (C=O) groups excluding carboxylic acids is 2. The number of nitrogens with one attached hydrogen (secondary N) is 2. The van der Waals surface area contributed by atoms with Gasteiger partial charge in [-0.2, -0.15) is 0 Å². The second-order valence-electron chi connectivity index (χ2n) is 6.41. The number of hydrogen-bond acceptors (Lipinski definition) is 3.